The lowest BCUT2D eigenvalue weighted by Gasteiger charge is -2.09. The molecule has 6 heteroatoms. The average molecular weight is 447 g/mol. The van der Waals surface area contributed by atoms with Crippen LogP contribution in [0.2, 0.25) is 0 Å². The number of amides is 1. The third-order valence-corrected chi connectivity index (χ3v) is 5.21. The van der Waals surface area contributed by atoms with E-state index in [1.807, 2.05) is 60.7 Å². The van der Waals surface area contributed by atoms with Crippen LogP contribution in [0.3, 0.4) is 0 Å². The molecule has 1 aromatic heterocycles. The number of carbonyl (C=O) groups excluding carboxylic acids is 1. The smallest absolute Gasteiger partial charge is 0.255 e. The second-order valence-electron chi connectivity index (χ2n) is 6.59. The summed E-state index contributed by atoms with van der Waals surface area (Å²) in [7, 11) is 0. The van der Waals surface area contributed by atoms with Gasteiger partial charge < -0.3 is 5.32 Å². The van der Waals surface area contributed by atoms with Gasteiger partial charge >= 0.3 is 0 Å². The number of aromatic nitrogens is 3. The van der Waals surface area contributed by atoms with Crippen molar-refractivity contribution in [3.05, 3.63) is 94.6 Å². The molecule has 0 saturated carbocycles. The molecule has 29 heavy (non-hydrogen) atoms. The number of rotatable bonds is 5. The molecular formula is C23H19BrN4O. The molecule has 4 rings (SSSR count). The molecule has 5 nitrogen and oxygen atoms in total. The van der Waals surface area contributed by atoms with Crippen molar-refractivity contribution < 1.29 is 4.79 Å². The maximum atomic E-state index is 12.5. The number of anilines is 1. The van der Waals surface area contributed by atoms with Gasteiger partial charge in [-0.3, -0.25) is 4.79 Å². The van der Waals surface area contributed by atoms with E-state index in [9.17, 15) is 4.79 Å². The van der Waals surface area contributed by atoms with Gasteiger partial charge in [0, 0.05) is 21.3 Å². The van der Waals surface area contributed by atoms with E-state index in [-0.39, 0.29) is 5.91 Å². The molecule has 0 radical (unpaired) electrons. The standard InChI is InChI=1S/C23H19BrN4O/c1-2-16-3-11-20(12-4-16)26-23(29)18-7-13-21(14-8-18)28-22(15-25-27-28)17-5-9-19(24)10-6-17/h3-15H,2H2,1H3,(H,26,29). The number of nitrogens with one attached hydrogen (secondary N) is 1. The highest BCUT2D eigenvalue weighted by Gasteiger charge is 2.11. The molecule has 144 valence electrons. The fraction of sp³-hybridized carbons (Fsp3) is 0.0870. The van der Waals surface area contributed by atoms with E-state index in [2.05, 4.69) is 38.5 Å². The summed E-state index contributed by atoms with van der Waals surface area (Å²) in [4.78, 5) is 12.5. The van der Waals surface area contributed by atoms with Gasteiger partial charge in [0.25, 0.3) is 5.91 Å². The van der Waals surface area contributed by atoms with E-state index >= 15 is 0 Å². The van der Waals surface area contributed by atoms with Crippen LogP contribution in [-0.4, -0.2) is 20.9 Å². The Labute approximate surface area is 177 Å². The first kappa shape index (κ1) is 19.1. The van der Waals surface area contributed by atoms with E-state index in [0.29, 0.717) is 5.56 Å². The minimum Gasteiger partial charge on any atom is -0.322 e. The Morgan fingerprint density at radius 3 is 2.31 bits per heavy atom. The Kier molecular flexibility index (Phi) is 5.53. The lowest BCUT2D eigenvalue weighted by atomic mass is 10.1. The van der Waals surface area contributed by atoms with E-state index in [1.54, 1.807) is 23.0 Å². The summed E-state index contributed by atoms with van der Waals surface area (Å²) < 4.78 is 2.77. The number of carbonyl (C=O) groups is 1. The number of nitrogens with zero attached hydrogens (tertiary/aromatic N) is 3. The fourth-order valence-electron chi connectivity index (χ4n) is 3.02. The van der Waals surface area contributed by atoms with Crippen molar-refractivity contribution in [2.45, 2.75) is 13.3 Å². The molecule has 3 aromatic carbocycles. The summed E-state index contributed by atoms with van der Waals surface area (Å²) in [6, 6.07) is 23.2. The Balaban J connectivity index is 1.53. The Hall–Kier alpha value is -3.25. The third-order valence-electron chi connectivity index (χ3n) is 4.68. The Bertz CT molecular complexity index is 1120. The second kappa shape index (κ2) is 8.41. The molecular weight excluding hydrogens is 428 g/mol. The Morgan fingerprint density at radius 2 is 1.66 bits per heavy atom. The van der Waals surface area contributed by atoms with Crippen LogP contribution >= 0.6 is 15.9 Å². The zero-order chi connectivity index (χ0) is 20.2. The molecule has 0 aliphatic heterocycles. The lowest BCUT2D eigenvalue weighted by molar-refractivity contribution is 0.102. The van der Waals surface area contributed by atoms with E-state index in [0.717, 1.165) is 33.5 Å². The van der Waals surface area contributed by atoms with Crippen LogP contribution in [-0.2, 0) is 6.42 Å². The van der Waals surface area contributed by atoms with E-state index < -0.39 is 0 Å². The maximum absolute atomic E-state index is 12.5. The zero-order valence-electron chi connectivity index (χ0n) is 15.8. The number of hydrogen-bond acceptors (Lipinski definition) is 3. The van der Waals surface area contributed by atoms with Gasteiger partial charge in [0.05, 0.1) is 17.6 Å². The number of hydrogen-bond donors (Lipinski definition) is 1. The van der Waals surface area contributed by atoms with Gasteiger partial charge in [-0.05, 0) is 60.5 Å². The third kappa shape index (κ3) is 4.27. The first-order chi connectivity index (χ1) is 14.1. The number of aryl methyl sites for hydroxylation is 1. The number of halogens is 1. The van der Waals surface area contributed by atoms with Crippen LogP contribution in [0.15, 0.2) is 83.5 Å². The van der Waals surface area contributed by atoms with Crippen molar-refractivity contribution in [3.8, 4) is 16.9 Å². The Morgan fingerprint density at radius 1 is 0.966 bits per heavy atom. The molecule has 0 fully saturated rings. The van der Waals surface area contributed by atoms with E-state index in [4.69, 9.17) is 0 Å². The molecule has 0 aliphatic rings. The highest BCUT2D eigenvalue weighted by molar-refractivity contribution is 9.10. The molecule has 0 spiro atoms. The lowest BCUT2D eigenvalue weighted by Crippen LogP contribution is -2.12. The van der Waals surface area contributed by atoms with Crippen LogP contribution < -0.4 is 5.32 Å². The molecule has 4 aromatic rings. The largest absolute Gasteiger partial charge is 0.322 e. The van der Waals surface area contributed by atoms with Gasteiger partial charge in [-0.1, -0.05) is 52.3 Å². The minimum atomic E-state index is -0.146. The first-order valence-electron chi connectivity index (χ1n) is 9.31. The summed E-state index contributed by atoms with van der Waals surface area (Å²) in [5, 5.41) is 11.2. The van der Waals surface area contributed by atoms with Crippen LogP contribution in [0.25, 0.3) is 16.9 Å². The van der Waals surface area contributed by atoms with Crippen molar-refractivity contribution in [2.24, 2.45) is 0 Å². The zero-order valence-corrected chi connectivity index (χ0v) is 17.4. The van der Waals surface area contributed by atoms with Crippen molar-refractivity contribution in [1.82, 2.24) is 15.0 Å². The van der Waals surface area contributed by atoms with Gasteiger partial charge in [0.2, 0.25) is 0 Å². The quantitative estimate of drug-likeness (QED) is 0.439. The molecule has 1 N–H and O–H groups in total. The second-order valence-corrected chi connectivity index (χ2v) is 7.51. The predicted octanol–water partition coefficient (Wildman–Crippen LogP) is 5.51. The highest BCUT2D eigenvalue weighted by atomic mass is 79.9. The molecule has 1 amide bonds. The molecule has 0 atom stereocenters. The van der Waals surface area contributed by atoms with Gasteiger partial charge in [0.15, 0.2) is 0 Å². The SMILES string of the molecule is CCc1ccc(NC(=O)c2ccc(-n3nncc3-c3ccc(Br)cc3)cc2)cc1. The van der Waals surface area contributed by atoms with E-state index in [1.165, 1.54) is 5.56 Å². The normalized spacial score (nSPS) is 10.7. The van der Waals surface area contributed by atoms with Crippen LogP contribution in [0, 0.1) is 0 Å². The summed E-state index contributed by atoms with van der Waals surface area (Å²) in [6.07, 6.45) is 2.70. The van der Waals surface area contributed by atoms with Gasteiger partial charge in [-0.25, -0.2) is 4.68 Å². The van der Waals surface area contributed by atoms with Crippen LogP contribution in [0.5, 0.6) is 0 Å². The molecule has 0 saturated heterocycles. The topological polar surface area (TPSA) is 59.8 Å². The van der Waals surface area contributed by atoms with Gasteiger partial charge in [0.1, 0.15) is 0 Å². The van der Waals surface area contributed by atoms with Crippen LogP contribution in [0.1, 0.15) is 22.8 Å². The monoisotopic (exact) mass is 446 g/mol. The summed E-state index contributed by atoms with van der Waals surface area (Å²) >= 11 is 3.45. The minimum absolute atomic E-state index is 0.146. The van der Waals surface area contributed by atoms with Crippen LogP contribution in [0.4, 0.5) is 5.69 Å². The van der Waals surface area contributed by atoms with Gasteiger partial charge in [-0.15, -0.1) is 5.10 Å². The highest BCUT2D eigenvalue weighted by Crippen LogP contribution is 2.23. The summed E-state index contributed by atoms with van der Waals surface area (Å²) in [6.45, 7) is 2.10. The molecule has 1 heterocycles. The molecule has 0 aliphatic carbocycles. The molecule has 0 bridgehead atoms. The molecule has 0 unspecified atom stereocenters. The fourth-order valence-corrected chi connectivity index (χ4v) is 3.29. The van der Waals surface area contributed by atoms with Gasteiger partial charge in [-0.2, -0.15) is 0 Å². The average Bonchev–Trinajstić information content (AvgIpc) is 3.25. The van der Waals surface area contributed by atoms with Crippen molar-refractivity contribution in [2.75, 3.05) is 5.32 Å². The maximum Gasteiger partial charge on any atom is 0.255 e. The van der Waals surface area contributed by atoms with Crippen molar-refractivity contribution in [1.29, 1.82) is 0 Å². The van der Waals surface area contributed by atoms with Crippen molar-refractivity contribution >= 4 is 27.5 Å². The summed E-state index contributed by atoms with van der Waals surface area (Å²) in [5.41, 5.74) is 5.33. The predicted molar refractivity (Wildman–Crippen MR) is 118 cm³/mol. The summed E-state index contributed by atoms with van der Waals surface area (Å²) in [5.74, 6) is -0.146. The first-order valence-corrected chi connectivity index (χ1v) is 10.1. The van der Waals surface area contributed by atoms with Crippen molar-refractivity contribution in [3.63, 3.8) is 0 Å². The number of benzene rings is 3.